The molecular formula is C11H16N2O3. The number of methoxy groups -OCH3 is 1. The zero-order valence-corrected chi connectivity index (χ0v) is 9.14. The van der Waals surface area contributed by atoms with Crippen molar-refractivity contribution in [3.05, 3.63) is 29.8 Å². The average molecular weight is 224 g/mol. The van der Waals surface area contributed by atoms with Crippen molar-refractivity contribution in [1.29, 1.82) is 0 Å². The molecule has 0 aliphatic carbocycles. The Morgan fingerprint density at radius 3 is 3.00 bits per heavy atom. The average Bonchev–Trinajstić information content (AvgIpc) is 2.29. The molecule has 5 heteroatoms. The van der Waals surface area contributed by atoms with Gasteiger partial charge in [-0.3, -0.25) is 4.79 Å². The quantitative estimate of drug-likeness (QED) is 0.615. The van der Waals surface area contributed by atoms with Crippen molar-refractivity contribution in [2.45, 2.75) is 12.6 Å². The first-order valence-electron chi connectivity index (χ1n) is 4.94. The summed E-state index contributed by atoms with van der Waals surface area (Å²) in [5.41, 5.74) is 5.92. The highest BCUT2D eigenvalue weighted by atomic mass is 16.5. The van der Waals surface area contributed by atoms with Crippen LogP contribution in [0.3, 0.4) is 0 Å². The molecule has 1 aromatic rings. The monoisotopic (exact) mass is 224 g/mol. The first-order valence-corrected chi connectivity index (χ1v) is 4.94. The Hall–Kier alpha value is -1.59. The van der Waals surface area contributed by atoms with Crippen molar-refractivity contribution in [2.24, 2.45) is 5.73 Å². The Balaban J connectivity index is 2.39. The van der Waals surface area contributed by atoms with Crippen LogP contribution in [-0.4, -0.2) is 30.8 Å². The number of aliphatic hydroxyl groups is 1. The maximum absolute atomic E-state index is 10.6. The lowest BCUT2D eigenvalue weighted by atomic mass is 10.2. The summed E-state index contributed by atoms with van der Waals surface area (Å²) in [6, 6.07) is 7.53. The van der Waals surface area contributed by atoms with E-state index in [9.17, 15) is 4.79 Å². The van der Waals surface area contributed by atoms with Crippen LogP contribution < -0.4 is 15.8 Å². The van der Waals surface area contributed by atoms with Crippen LogP contribution in [0.5, 0.6) is 5.75 Å². The molecule has 1 rings (SSSR count). The molecule has 0 saturated carbocycles. The number of carbonyl (C=O) groups is 1. The third-order valence-corrected chi connectivity index (χ3v) is 2.13. The van der Waals surface area contributed by atoms with E-state index in [0.717, 1.165) is 11.3 Å². The van der Waals surface area contributed by atoms with Crippen LogP contribution in [0.2, 0.25) is 0 Å². The molecule has 0 heterocycles. The number of rotatable bonds is 6. The first-order chi connectivity index (χ1) is 7.63. The van der Waals surface area contributed by atoms with Gasteiger partial charge in [-0.15, -0.1) is 0 Å². The fourth-order valence-electron chi connectivity index (χ4n) is 1.24. The normalized spacial score (nSPS) is 12.1. The third-order valence-electron chi connectivity index (χ3n) is 2.13. The maximum atomic E-state index is 10.6. The Morgan fingerprint density at radius 1 is 1.62 bits per heavy atom. The zero-order valence-electron chi connectivity index (χ0n) is 9.14. The number of primary amides is 1. The van der Waals surface area contributed by atoms with E-state index in [1.54, 1.807) is 7.11 Å². The SMILES string of the molecule is COc1cccc(CNCC(O)C(N)=O)c1. The Kier molecular flexibility index (Phi) is 4.75. The predicted octanol–water partition coefficient (Wildman–Crippen LogP) is -0.369. The summed E-state index contributed by atoms with van der Waals surface area (Å²) in [6.45, 7) is 0.689. The molecule has 0 aliphatic heterocycles. The van der Waals surface area contributed by atoms with E-state index in [1.165, 1.54) is 0 Å². The molecule has 1 unspecified atom stereocenters. The van der Waals surface area contributed by atoms with Crippen molar-refractivity contribution in [3.8, 4) is 5.75 Å². The minimum absolute atomic E-state index is 0.145. The van der Waals surface area contributed by atoms with E-state index < -0.39 is 12.0 Å². The second-order valence-electron chi connectivity index (χ2n) is 3.40. The van der Waals surface area contributed by atoms with E-state index in [1.807, 2.05) is 24.3 Å². The molecular weight excluding hydrogens is 208 g/mol. The molecule has 4 N–H and O–H groups in total. The van der Waals surface area contributed by atoms with Crippen LogP contribution in [0.1, 0.15) is 5.56 Å². The molecule has 0 saturated heterocycles. The number of hydrogen-bond acceptors (Lipinski definition) is 4. The van der Waals surface area contributed by atoms with Gasteiger partial charge in [0.2, 0.25) is 5.91 Å². The van der Waals surface area contributed by atoms with Crippen LogP contribution in [0, 0.1) is 0 Å². The lowest BCUT2D eigenvalue weighted by Gasteiger charge is -2.09. The van der Waals surface area contributed by atoms with Crippen LogP contribution >= 0.6 is 0 Å². The topological polar surface area (TPSA) is 84.6 Å². The number of amides is 1. The molecule has 0 aromatic heterocycles. The minimum atomic E-state index is -1.15. The number of hydrogen-bond donors (Lipinski definition) is 3. The second kappa shape index (κ2) is 6.09. The number of carbonyl (C=O) groups excluding carboxylic acids is 1. The smallest absolute Gasteiger partial charge is 0.247 e. The summed E-state index contributed by atoms with van der Waals surface area (Å²) in [5, 5.41) is 12.1. The van der Waals surface area contributed by atoms with Gasteiger partial charge in [0.25, 0.3) is 0 Å². The van der Waals surface area contributed by atoms with Crippen LogP contribution in [0.15, 0.2) is 24.3 Å². The number of nitrogens with one attached hydrogen (secondary N) is 1. The molecule has 0 radical (unpaired) electrons. The highest BCUT2D eigenvalue weighted by Gasteiger charge is 2.09. The van der Waals surface area contributed by atoms with Crippen molar-refractivity contribution < 1.29 is 14.6 Å². The molecule has 5 nitrogen and oxygen atoms in total. The van der Waals surface area contributed by atoms with Gasteiger partial charge in [-0.05, 0) is 17.7 Å². The summed E-state index contributed by atoms with van der Waals surface area (Å²) >= 11 is 0. The Morgan fingerprint density at radius 2 is 2.38 bits per heavy atom. The van der Waals surface area contributed by atoms with E-state index in [4.69, 9.17) is 15.6 Å². The van der Waals surface area contributed by atoms with Gasteiger partial charge < -0.3 is 20.9 Å². The maximum Gasteiger partial charge on any atom is 0.247 e. The van der Waals surface area contributed by atoms with Gasteiger partial charge in [0.15, 0.2) is 0 Å². The summed E-state index contributed by atoms with van der Waals surface area (Å²) < 4.78 is 5.07. The Labute approximate surface area is 94.2 Å². The fourth-order valence-corrected chi connectivity index (χ4v) is 1.24. The molecule has 0 aliphatic rings. The van der Waals surface area contributed by atoms with Crippen LogP contribution in [0.4, 0.5) is 0 Å². The van der Waals surface area contributed by atoms with Gasteiger partial charge in [-0.1, -0.05) is 12.1 Å². The molecule has 0 bridgehead atoms. The summed E-state index contributed by atoms with van der Waals surface area (Å²) in [6.07, 6.45) is -1.15. The molecule has 1 aromatic carbocycles. The summed E-state index contributed by atoms with van der Waals surface area (Å²) in [7, 11) is 1.60. The van der Waals surface area contributed by atoms with Gasteiger partial charge in [0, 0.05) is 13.1 Å². The van der Waals surface area contributed by atoms with Gasteiger partial charge in [0.1, 0.15) is 11.9 Å². The van der Waals surface area contributed by atoms with E-state index in [2.05, 4.69) is 5.32 Å². The standard InChI is InChI=1S/C11H16N2O3/c1-16-9-4-2-3-8(5-9)6-13-7-10(14)11(12)15/h2-5,10,13-14H,6-7H2,1H3,(H2,12,15). The van der Waals surface area contributed by atoms with Gasteiger partial charge >= 0.3 is 0 Å². The van der Waals surface area contributed by atoms with E-state index >= 15 is 0 Å². The second-order valence-corrected chi connectivity index (χ2v) is 3.40. The number of benzene rings is 1. The molecule has 1 atom stereocenters. The molecule has 1 amide bonds. The van der Waals surface area contributed by atoms with Crippen molar-refractivity contribution >= 4 is 5.91 Å². The summed E-state index contributed by atoms with van der Waals surface area (Å²) in [5.74, 6) is 0.0490. The van der Waals surface area contributed by atoms with Gasteiger partial charge in [-0.2, -0.15) is 0 Å². The van der Waals surface area contributed by atoms with Gasteiger partial charge in [-0.25, -0.2) is 0 Å². The van der Waals surface area contributed by atoms with Gasteiger partial charge in [0.05, 0.1) is 7.11 Å². The minimum Gasteiger partial charge on any atom is -0.497 e. The highest BCUT2D eigenvalue weighted by Crippen LogP contribution is 2.11. The van der Waals surface area contributed by atoms with Crippen molar-refractivity contribution in [2.75, 3.05) is 13.7 Å². The van der Waals surface area contributed by atoms with E-state index in [0.29, 0.717) is 6.54 Å². The number of ether oxygens (including phenoxy) is 1. The Bertz CT molecular complexity index is 355. The molecule has 0 fully saturated rings. The number of nitrogens with two attached hydrogens (primary N) is 1. The predicted molar refractivity (Wildman–Crippen MR) is 59.9 cm³/mol. The largest absolute Gasteiger partial charge is 0.497 e. The molecule has 16 heavy (non-hydrogen) atoms. The van der Waals surface area contributed by atoms with Crippen molar-refractivity contribution in [3.63, 3.8) is 0 Å². The molecule has 0 spiro atoms. The number of aliphatic hydroxyl groups excluding tert-OH is 1. The lowest BCUT2D eigenvalue weighted by Crippen LogP contribution is -2.37. The third kappa shape index (κ3) is 3.88. The summed E-state index contributed by atoms with van der Waals surface area (Å²) in [4.78, 5) is 10.6. The molecule has 88 valence electrons. The van der Waals surface area contributed by atoms with Crippen LogP contribution in [0.25, 0.3) is 0 Å². The van der Waals surface area contributed by atoms with Crippen molar-refractivity contribution in [1.82, 2.24) is 5.32 Å². The van der Waals surface area contributed by atoms with E-state index in [-0.39, 0.29) is 6.54 Å². The highest BCUT2D eigenvalue weighted by molar-refractivity contribution is 5.78. The fraction of sp³-hybridized carbons (Fsp3) is 0.364. The lowest BCUT2D eigenvalue weighted by molar-refractivity contribution is -0.125. The zero-order chi connectivity index (χ0) is 12.0. The van der Waals surface area contributed by atoms with Crippen LogP contribution in [-0.2, 0) is 11.3 Å². The first kappa shape index (κ1) is 12.5.